The second-order valence-electron chi connectivity index (χ2n) is 9.07. The summed E-state index contributed by atoms with van der Waals surface area (Å²) in [5.41, 5.74) is 3.40. The lowest BCUT2D eigenvalue weighted by molar-refractivity contribution is -0.138. The number of aliphatic imine (C=N–C) groups is 1. The van der Waals surface area contributed by atoms with Crippen molar-refractivity contribution in [3.05, 3.63) is 95.1 Å². The molecule has 1 aromatic carbocycles. The monoisotopic (exact) mass is 541 g/mol. The lowest BCUT2D eigenvalue weighted by Crippen LogP contribution is -2.38. The van der Waals surface area contributed by atoms with Crippen LogP contribution in [0.1, 0.15) is 31.4 Å². The van der Waals surface area contributed by atoms with E-state index in [1.807, 2.05) is 49.4 Å². The maximum Gasteiger partial charge on any atom is 0.229 e. The highest BCUT2D eigenvalue weighted by Gasteiger charge is 2.27. The second kappa shape index (κ2) is 14.4. The Morgan fingerprint density at radius 1 is 1.35 bits per heavy atom. The quantitative estimate of drug-likeness (QED) is 0.300. The summed E-state index contributed by atoms with van der Waals surface area (Å²) in [6, 6.07) is 7.90. The maximum absolute atomic E-state index is 12.6. The summed E-state index contributed by atoms with van der Waals surface area (Å²) in [4.78, 5) is 21.3. The molecule has 198 valence electrons. The molecule has 3 rings (SSSR count). The number of carbonyl (C=O) groups is 1. The Labute approximate surface area is 229 Å². The van der Waals surface area contributed by atoms with Crippen molar-refractivity contribution >= 4 is 34.4 Å². The van der Waals surface area contributed by atoms with E-state index in [2.05, 4.69) is 29.7 Å². The van der Waals surface area contributed by atoms with Crippen molar-refractivity contribution < 1.29 is 15.0 Å². The van der Waals surface area contributed by atoms with E-state index < -0.39 is 6.29 Å². The van der Waals surface area contributed by atoms with Crippen molar-refractivity contribution in [1.82, 2.24) is 9.80 Å². The van der Waals surface area contributed by atoms with Crippen LogP contribution < -0.4 is 0 Å². The summed E-state index contributed by atoms with van der Waals surface area (Å²) < 4.78 is 0. The van der Waals surface area contributed by atoms with Crippen molar-refractivity contribution in [2.75, 3.05) is 32.4 Å². The molecule has 2 N–H and O–H groups in total. The molecule has 1 amide bonds. The van der Waals surface area contributed by atoms with Gasteiger partial charge >= 0.3 is 0 Å². The third-order valence-electron chi connectivity index (χ3n) is 6.34. The number of likely N-dealkylation sites (N-methyl/N-ethyl adjacent to an activating group) is 1. The summed E-state index contributed by atoms with van der Waals surface area (Å²) in [5.74, 6) is 0.417. The highest BCUT2D eigenvalue weighted by Crippen LogP contribution is 2.35. The zero-order valence-corrected chi connectivity index (χ0v) is 23.0. The van der Waals surface area contributed by atoms with Gasteiger partial charge in [-0.25, -0.2) is 0 Å². The number of halogens is 1. The first-order chi connectivity index (χ1) is 17.8. The summed E-state index contributed by atoms with van der Waals surface area (Å²) in [5, 5.41) is 20.1. The zero-order chi connectivity index (χ0) is 26.8. The van der Waals surface area contributed by atoms with Crippen LogP contribution in [0.3, 0.4) is 0 Å². The van der Waals surface area contributed by atoms with E-state index in [0.717, 1.165) is 40.0 Å². The zero-order valence-electron chi connectivity index (χ0n) is 21.5. The number of thioether (sulfide) groups is 1. The van der Waals surface area contributed by atoms with Crippen molar-refractivity contribution in [1.29, 1.82) is 0 Å². The maximum atomic E-state index is 12.6. The molecule has 0 spiro atoms. The molecule has 37 heavy (non-hydrogen) atoms. The standard InChI is InChI=1S/C29H36ClN3O3S/c1-4-6-9-21(5-2)16-17-33(29-31-26(20-37-29)24-10-7-8-11-25(24)30)18-22-12-14-23(15-13-22)28(36)32(3)19-27(34)35/h4-14,23,26-27,34-35H,1,15-20H2,2-3H3/b9-6-,21-5+. The van der Waals surface area contributed by atoms with Crippen LogP contribution in [0, 0.1) is 5.92 Å². The van der Waals surface area contributed by atoms with Crippen molar-refractivity contribution in [2.24, 2.45) is 10.9 Å². The van der Waals surface area contributed by atoms with Gasteiger partial charge in [0.25, 0.3) is 0 Å². The van der Waals surface area contributed by atoms with Gasteiger partial charge in [-0.1, -0.05) is 96.2 Å². The number of allylic oxidation sites excluding steroid dienone is 5. The molecule has 0 saturated heterocycles. The molecule has 0 bridgehead atoms. The normalized spacial score (nSPS) is 19.8. The summed E-state index contributed by atoms with van der Waals surface area (Å²) in [7, 11) is 1.58. The van der Waals surface area contributed by atoms with E-state index in [4.69, 9.17) is 26.8 Å². The van der Waals surface area contributed by atoms with Gasteiger partial charge in [-0.3, -0.25) is 9.79 Å². The molecule has 0 aromatic heterocycles. The van der Waals surface area contributed by atoms with Gasteiger partial charge in [0.05, 0.1) is 18.5 Å². The lowest BCUT2D eigenvalue weighted by atomic mass is 9.95. The van der Waals surface area contributed by atoms with Gasteiger partial charge in [0.15, 0.2) is 11.5 Å². The summed E-state index contributed by atoms with van der Waals surface area (Å²) in [6.07, 6.45) is 13.8. The minimum atomic E-state index is -1.54. The molecule has 1 aliphatic carbocycles. The van der Waals surface area contributed by atoms with E-state index in [1.54, 1.807) is 24.9 Å². The first-order valence-electron chi connectivity index (χ1n) is 12.4. The molecule has 1 aromatic rings. The smallest absolute Gasteiger partial charge is 0.229 e. The van der Waals surface area contributed by atoms with E-state index >= 15 is 0 Å². The fourth-order valence-corrected chi connectivity index (χ4v) is 5.63. The molecule has 0 saturated carbocycles. The Bertz CT molecular complexity index is 1110. The third kappa shape index (κ3) is 8.47. The molecule has 1 heterocycles. The average molecular weight is 542 g/mol. The van der Waals surface area contributed by atoms with Crippen LogP contribution >= 0.6 is 23.4 Å². The van der Waals surface area contributed by atoms with Crippen LogP contribution in [0.15, 0.2) is 89.5 Å². The second-order valence-corrected chi connectivity index (χ2v) is 10.5. The SMILES string of the molecule is C=C/C=C\C(=C/C)CCN(CC1=CCC(C(=O)N(C)CC(O)O)C=C1)C1=NC(c2ccccc2Cl)CS1. The number of rotatable bonds is 11. The Morgan fingerprint density at radius 3 is 2.78 bits per heavy atom. The number of benzene rings is 1. The van der Waals surface area contributed by atoms with Crippen LogP contribution in [-0.2, 0) is 4.79 Å². The van der Waals surface area contributed by atoms with Crippen LogP contribution in [0.2, 0.25) is 5.02 Å². The molecule has 1 aliphatic heterocycles. The summed E-state index contributed by atoms with van der Waals surface area (Å²) >= 11 is 8.20. The highest BCUT2D eigenvalue weighted by atomic mass is 35.5. The van der Waals surface area contributed by atoms with Crippen LogP contribution in [0.4, 0.5) is 0 Å². The van der Waals surface area contributed by atoms with Crippen LogP contribution in [0.25, 0.3) is 0 Å². The minimum absolute atomic E-state index is 0.0216. The Balaban J connectivity index is 1.73. The number of carbonyl (C=O) groups excluding carboxylic acids is 1. The molecule has 8 heteroatoms. The van der Waals surface area contributed by atoms with E-state index in [1.165, 1.54) is 10.5 Å². The van der Waals surface area contributed by atoms with E-state index in [0.29, 0.717) is 13.0 Å². The molecular weight excluding hydrogens is 506 g/mol. The molecule has 0 radical (unpaired) electrons. The minimum Gasteiger partial charge on any atom is -0.367 e. The molecule has 0 fully saturated rings. The van der Waals surface area contributed by atoms with Crippen LogP contribution in [-0.4, -0.2) is 69.8 Å². The van der Waals surface area contributed by atoms with Gasteiger partial charge in [0, 0.05) is 30.9 Å². The van der Waals surface area contributed by atoms with Gasteiger partial charge in [-0.15, -0.1) is 0 Å². The third-order valence-corrected chi connectivity index (χ3v) is 7.79. The van der Waals surface area contributed by atoms with Gasteiger partial charge in [0.1, 0.15) is 0 Å². The number of nitrogens with zero attached hydrogens (tertiary/aromatic N) is 3. The van der Waals surface area contributed by atoms with Gasteiger partial charge in [0.2, 0.25) is 5.91 Å². The number of amidine groups is 1. The van der Waals surface area contributed by atoms with E-state index in [-0.39, 0.29) is 24.4 Å². The average Bonchev–Trinajstić information content (AvgIpc) is 3.38. The summed E-state index contributed by atoms with van der Waals surface area (Å²) in [6.45, 7) is 7.18. The van der Waals surface area contributed by atoms with Gasteiger partial charge in [-0.2, -0.15) is 0 Å². The van der Waals surface area contributed by atoms with Gasteiger partial charge < -0.3 is 20.0 Å². The molecular formula is C29H36ClN3O3S. The molecule has 2 aliphatic rings. The Kier molecular flexibility index (Phi) is 11.3. The predicted octanol–water partition coefficient (Wildman–Crippen LogP) is 5.14. The molecule has 2 unspecified atom stereocenters. The van der Waals surface area contributed by atoms with E-state index in [9.17, 15) is 4.79 Å². The van der Waals surface area contributed by atoms with Crippen molar-refractivity contribution in [3.8, 4) is 0 Å². The number of amides is 1. The largest absolute Gasteiger partial charge is 0.367 e. The highest BCUT2D eigenvalue weighted by molar-refractivity contribution is 8.14. The first kappa shape index (κ1) is 29.0. The fourth-order valence-electron chi connectivity index (χ4n) is 4.26. The first-order valence-corrected chi connectivity index (χ1v) is 13.8. The predicted molar refractivity (Wildman–Crippen MR) is 155 cm³/mol. The molecule has 6 nitrogen and oxygen atoms in total. The number of aliphatic hydroxyl groups is 2. The fraction of sp³-hybridized carbons (Fsp3) is 0.379. The molecule has 2 atom stereocenters. The topological polar surface area (TPSA) is 76.4 Å². The number of hydrogen-bond donors (Lipinski definition) is 2. The number of aliphatic hydroxyl groups excluding tert-OH is 1. The number of hydrogen-bond acceptors (Lipinski definition) is 6. The van der Waals surface area contributed by atoms with Crippen molar-refractivity contribution in [3.63, 3.8) is 0 Å². The van der Waals surface area contributed by atoms with Crippen LogP contribution in [0.5, 0.6) is 0 Å². The Morgan fingerprint density at radius 2 is 2.14 bits per heavy atom. The lowest BCUT2D eigenvalue weighted by Gasteiger charge is -2.27. The van der Waals surface area contributed by atoms with Crippen molar-refractivity contribution in [2.45, 2.75) is 32.1 Å². The Hall–Kier alpha value is -2.58. The van der Waals surface area contributed by atoms with Gasteiger partial charge in [-0.05, 0) is 37.0 Å².